The van der Waals surface area contributed by atoms with E-state index >= 15 is 0 Å². The molecule has 1 aromatic heterocycles. The first-order chi connectivity index (χ1) is 8.52. The number of aliphatic hydroxyl groups excluding tert-OH is 1. The summed E-state index contributed by atoms with van der Waals surface area (Å²) in [5.74, 6) is -1.87. The highest BCUT2D eigenvalue weighted by atomic mass is 19.3. The first-order valence-corrected chi connectivity index (χ1v) is 6.44. The van der Waals surface area contributed by atoms with Gasteiger partial charge in [-0.3, -0.25) is 4.68 Å². The van der Waals surface area contributed by atoms with E-state index in [1.807, 2.05) is 6.92 Å². The Hall–Kier alpha value is -1.04. The summed E-state index contributed by atoms with van der Waals surface area (Å²) in [6, 6.07) is 0. The van der Waals surface area contributed by atoms with Crippen molar-refractivity contribution in [2.45, 2.75) is 57.6 Å². The van der Waals surface area contributed by atoms with Crippen LogP contribution in [0.5, 0.6) is 0 Å². The van der Waals surface area contributed by atoms with Crippen molar-refractivity contribution in [2.75, 3.05) is 0 Å². The van der Waals surface area contributed by atoms with Gasteiger partial charge in [-0.25, -0.2) is 13.8 Å². The van der Waals surface area contributed by atoms with Gasteiger partial charge >= 0.3 is 0 Å². The minimum atomic E-state index is -2.54. The fourth-order valence-electron chi connectivity index (χ4n) is 2.51. The Bertz CT molecular complexity index is 384. The Morgan fingerprint density at radius 1 is 1.50 bits per heavy atom. The molecule has 0 bridgehead atoms. The van der Waals surface area contributed by atoms with Crippen LogP contribution in [0.15, 0.2) is 6.33 Å². The molecule has 1 aromatic rings. The molecule has 1 aliphatic rings. The molecule has 0 saturated heterocycles. The van der Waals surface area contributed by atoms with Crippen molar-refractivity contribution in [1.29, 1.82) is 0 Å². The number of hydrogen-bond acceptors (Lipinski definition) is 3. The Labute approximate surface area is 105 Å². The molecule has 102 valence electrons. The van der Waals surface area contributed by atoms with Gasteiger partial charge in [-0.15, -0.1) is 0 Å². The van der Waals surface area contributed by atoms with Gasteiger partial charge in [-0.05, 0) is 25.7 Å². The fraction of sp³-hybridized carbons (Fsp3) is 0.833. The third kappa shape index (κ3) is 3.04. The lowest BCUT2D eigenvalue weighted by Gasteiger charge is -2.31. The van der Waals surface area contributed by atoms with Crippen molar-refractivity contribution in [1.82, 2.24) is 14.8 Å². The van der Waals surface area contributed by atoms with E-state index in [4.69, 9.17) is 0 Å². The second kappa shape index (κ2) is 5.30. The van der Waals surface area contributed by atoms with Crippen LogP contribution in [0.25, 0.3) is 0 Å². The predicted octanol–water partition coefficient (Wildman–Crippen LogP) is 2.03. The molecule has 0 aromatic carbocycles. The van der Waals surface area contributed by atoms with E-state index in [0.29, 0.717) is 25.8 Å². The summed E-state index contributed by atoms with van der Waals surface area (Å²) >= 11 is 0. The molecule has 1 unspecified atom stereocenters. The summed E-state index contributed by atoms with van der Waals surface area (Å²) < 4.78 is 27.8. The number of rotatable bonds is 4. The summed E-state index contributed by atoms with van der Waals surface area (Å²) in [6.45, 7) is 2.65. The maximum Gasteiger partial charge on any atom is 0.248 e. The average Bonchev–Trinajstić information content (AvgIpc) is 2.76. The van der Waals surface area contributed by atoms with Gasteiger partial charge in [0.2, 0.25) is 5.92 Å². The Balaban J connectivity index is 1.91. The highest BCUT2D eigenvalue weighted by Crippen LogP contribution is 2.37. The van der Waals surface area contributed by atoms with Crippen LogP contribution in [0.3, 0.4) is 0 Å². The number of halogens is 2. The zero-order valence-electron chi connectivity index (χ0n) is 10.5. The average molecular weight is 259 g/mol. The number of nitrogens with zero attached hydrogens (tertiary/aromatic N) is 3. The third-order valence-electron chi connectivity index (χ3n) is 3.69. The zero-order chi connectivity index (χ0) is 13.2. The van der Waals surface area contributed by atoms with Gasteiger partial charge in [0, 0.05) is 25.8 Å². The molecule has 1 fully saturated rings. The van der Waals surface area contributed by atoms with E-state index in [1.165, 1.54) is 6.33 Å². The zero-order valence-corrected chi connectivity index (χ0v) is 10.5. The lowest BCUT2D eigenvalue weighted by atomic mass is 9.82. The highest BCUT2D eigenvalue weighted by Gasteiger charge is 2.37. The van der Waals surface area contributed by atoms with Gasteiger partial charge in [0.1, 0.15) is 12.2 Å². The standard InChI is InChI=1S/C12H19F2N3O/c1-2-17-11(15-8-16-17)7-10(18)9-3-5-12(13,14)6-4-9/h8-10,18H,2-7H2,1H3. The summed E-state index contributed by atoms with van der Waals surface area (Å²) in [4.78, 5) is 4.09. The molecular formula is C12H19F2N3O. The molecule has 2 rings (SSSR count). The number of hydrogen-bond donors (Lipinski definition) is 1. The van der Waals surface area contributed by atoms with Crippen LogP contribution in [0.2, 0.25) is 0 Å². The predicted molar refractivity (Wildman–Crippen MR) is 62.3 cm³/mol. The second-order valence-corrected chi connectivity index (χ2v) is 4.96. The van der Waals surface area contributed by atoms with Crippen molar-refractivity contribution in [3.8, 4) is 0 Å². The number of aromatic nitrogens is 3. The molecule has 0 radical (unpaired) electrons. The Morgan fingerprint density at radius 3 is 2.78 bits per heavy atom. The fourth-order valence-corrected chi connectivity index (χ4v) is 2.51. The van der Waals surface area contributed by atoms with Crippen LogP contribution in [0.1, 0.15) is 38.4 Å². The molecule has 6 heteroatoms. The van der Waals surface area contributed by atoms with Gasteiger partial charge in [-0.1, -0.05) is 0 Å². The minimum absolute atomic E-state index is 0.0494. The van der Waals surface area contributed by atoms with Gasteiger partial charge in [0.05, 0.1) is 6.10 Å². The topological polar surface area (TPSA) is 50.9 Å². The van der Waals surface area contributed by atoms with Crippen LogP contribution in [0.4, 0.5) is 8.78 Å². The normalized spacial score (nSPS) is 22.0. The van der Waals surface area contributed by atoms with Crippen LogP contribution in [0, 0.1) is 5.92 Å². The molecule has 1 atom stereocenters. The third-order valence-corrected chi connectivity index (χ3v) is 3.69. The van der Waals surface area contributed by atoms with Crippen molar-refractivity contribution in [3.05, 3.63) is 12.2 Å². The molecule has 4 nitrogen and oxygen atoms in total. The first-order valence-electron chi connectivity index (χ1n) is 6.44. The number of aliphatic hydroxyl groups is 1. The molecule has 0 aliphatic heterocycles. The van der Waals surface area contributed by atoms with Crippen LogP contribution in [-0.2, 0) is 13.0 Å². The SMILES string of the molecule is CCn1ncnc1CC(O)C1CCC(F)(F)CC1. The molecule has 1 heterocycles. The largest absolute Gasteiger partial charge is 0.392 e. The van der Waals surface area contributed by atoms with Gasteiger partial charge in [-0.2, -0.15) is 5.10 Å². The monoisotopic (exact) mass is 259 g/mol. The van der Waals surface area contributed by atoms with Gasteiger partial charge in [0.25, 0.3) is 0 Å². The van der Waals surface area contributed by atoms with E-state index < -0.39 is 12.0 Å². The van der Waals surface area contributed by atoms with Crippen molar-refractivity contribution in [3.63, 3.8) is 0 Å². The van der Waals surface area contributed by atoms with Crippen molar-refractivity contribution in [2.24, 2.45) is 5.92 Å². The van der Waals surface area contributed by atoms with E-state index in [1.54, 1.807) is 4.68 Å². The summed E-state index contributed by atoms with van der Waals surface area (Å²) in [7, 11) is 0. The molecule has 1 N–H and O–H groups in total. The van der Waals surface area contributed by atoms with Crippen LogP contribution in [-0.4, -0.2) is 31.9 Å². The van der Waals surface area contributed by atoms with E-state index in [-0.39, 0.29) is 18.8 Å². The lowest BCUT2D eigenvalue weighted by molar-refractivity contribution is -0.0622. The lowest BCUT2D eigenvalue weighted by Crippen LogP contribution is -2.32. The molecule has 1 saturated carbocycles. The Morgan fingerprint density at radius 2 is 2.17 bits per heavy atom. The van der Waals surface area contributed by atoms with Crippen LogP contribution < -0.4 is 0 Å². The summed E-state index contributed by atoms with van der Waals surface area (Å²) in [5.41, 5.74) is 0. The number of aryl methyl sites for hydroxylation is 1. The molecule has 0 amide bonds. The first kappa shape index (κ1) is 13.4. The highest BCUT2D eigenvalue weighted by molar-refractivity contribution is 4.91. The quantitative estimate of drug-likeness (QED) is 0.900. The van der Waals surface area contributed by atoms with E-state index in [9.17, 15) is 13.9 Å². The van der Waals surface area contributed by atoms with Crippen molar-refractivity contribution < 1.29 is 13.9 Å². The summed E-state index contributed by atoms with van der Waals surface area (Å²) in [5, 5.41) is 14.1. The second-order valence-electron chi connectivity index (χ2n) is 4.96. The van der Waals surface area contributed by atoms with Crippen molar-refractivity contribution >= 4 is 0 Å². The van der Waals surface area contributed by atoms with E-state index in [2.05, 4.69) is 10.1 Å². The maximum absolute atomic E-state index is 13.0. The Kier molecular flexibility index (Phi) is 3.94. The molecule has 0 spiro atoms. The van der Waals surface area contributed by atoms with Gasteiger partial charge < -0.3 is 5.11 Å². The van der Waals surface area contributed by atoms with Gasteiger partial charge in [0.15, 0.2) is 0 Å². The molecule has 18 heavy (non-hydrogen) atoms. The number of alkyl halides is 2. The summed E-state index contributed by atoms with van der Waals surface area (Å²) in [6.07, 6.45) is 1.79. The smallest absolute Gasteiger partial charge is 0.248 e. The minimum Gasteiger partial charge on any atom is -0.392 e. The maximum atomic E-state index is 13.0. The molecular weight excluding hydrogens is 240 g/mol. The van der Waals surface area contributed by atoms with Crippen LogP contribution >= 0.6 is 0 Å². The van der Waals surface area contributed by atoms with E-state index in [0.717, 1.165) is 5.82 Å². The molecule has 1 aliphatic carbocycles.